The van der Waals surface area contributed by atoms with Gasteiger partial charge in [0.2, 0.25) is 11.8 Å². The lowest BCUT2D eigenvalue weighted by atomic mass is 9.98. The summed E-state index contributed by atoms with van der Waals surface area (Å²) in [5.41, 5.74) is 4.34. The standard InChI is InChI=1S/C17H21N3O3/c21-15-8-3-9-16(22)20(15)19-11-12-5-1-2-6-13(12)17(23)14-7-4-10-18-14/h1-2,5-6,14,18-19H,3-4,7-11H2. The topological polar surface area (TPSA) is 78.5 Å². The van der Waals surface area contributed by atoms with E-state index in [-0.39, 0.29) is 30.2 Å². The summed E-state index contributed by atoms with van der Waals surface area (Å²) in [7, 11) is 0. The molecule has 2 aliphatic heterocycles. The summed E-state index contributed by atoms with van der Waals surface area (Å²) in [6.07, 6.45) is 3.23. The number of carbonyl (C=O) groups excluding carboxylic acids is 3. The number of nitrogens with zero attached hydrogens (tertiary/aromatic N) is 1. The van der Waals surface area contributed by atoms with Crippen molar-refractivity contribution < 1.29 is 14.4 Å². The molecule has 0 aromatic heterocycles. The zero-order valence-corrected chi connectivity index (χ0v) is 13.0. The number of piperidine rings is 1. The van der Waals surface area contributed by atoms with E-state index in [2.05, 4.69) is 10.7 Å². The Morgan fingerprint density at radius 1 is 1.17 bits per heavy atom. The molecule has 1 aromatic rings. The SMILES string of the molecule is O=C(c1ccccc1CNN1C(=O)CCCC1=O)C1CCCN1. The highest BCUT2D eigenvalue weighted by atomic mass is 16.2. The zero-order chi connectivity index (χ0) is 16.2. The Balaban J connectivity index is 1.71. The lowest BCUT2D eigenvalue weighted by molar-refractivity contribution is -0.152. The zero-order valence-electron chi connectivity index (χ0n) is 13.0. The van der Waals surface area contributed by atoms with Crippen LogP contribution in [0.2, 0.25) is 0 Å². The predicted octanol–water partition coefficient (Wildman–Crippen LogP) is 1.16. The van der Waals surface area contributed by atoms with Gasteiger partial charge in [-0.25, -0.2) is 10.4 Å². The van der Waals surface area contributed by atoms with Gasteiger partial charge < -0.3 is 5.32 Å². The highest BCUT2D eigenvalue weighted by Gasteiger charge is 2.27. The number of hydrazine groups is 1. The van der Waals surface area contributed by atoms with Gasteiger partial charge in [0.25, 0.3) is 0 Å². The molecule has 2 amide bonds. The van der Waals surface area contributed by atoms with Gasteiger partial charge in [-0.15, -0.1) is 0 Å². The Morgan fingerprint density at radius 3 is 2.61 bits per heavy atom. The minimum Gasteiger partial charge on any atom is -0.307 e. The third-order valence-corrected chi connectivity index (χ3v) is 4.37. The van der Waals surface area contributed by atoms with Crippen molar-refractivity contribution in [1.82, 2.24) is 15.8 Å². The van der Waals surface area contributed by atoms with Gasteiger partial charge in [-0.2, -0.15) is 0 Å². The van der Waals surface area contributed by atoms with Crippen molar-refractivity contribution in [3.63, 3.8) is 0 Å². The van der Waals surface area contributed by atoms with E-state index in [9.17, 15) is 14.4 Å². The van der Waals surface area contributed by atoms with Crippen LogP contribution in [-0.2, 0) is 16.1 Å². The molecule has 0 saturated carbocycles. The monoisotopic (exact) mass is 315 g/mol. The number of imide groups is 1. The molecule has 2 saturated heterocycles. The number of carbonyl (C=O) groups is 3. The highest BCUT2D eigenvalue weighted by molar-refractivity contribution is 6.01. The molecule has 1 unspecified atom stereocenters. The Hall–Kier alpha value is -2.05. The van der Waals surface area contributed by atoms with Crippen LogP contribution < -0.4 is 10.7 Å². The second-order valence-corrected chi connectivity index (χ2v) is 5.98. The Morgan fingerprint density at radius 2 is 1.91 bits per heavy atom. The molecule has 122 valence electrons. The molecule has 0 aliphatic carbocycles. The lowest BCUT2D eigenvalue weighted by Gasteiger charge is -2.25. The van der Waals surface area contributed by atoms with Gasteiger partial charge in [0, 0.05) is 24.9 Å². The maximum atomic E-state index is 12.6. The van der Waals surface area contributed by atoms with E-state index in [1.807, 2.05) is 18.2 Å². The summed E-state index contributed by atoms with van der Waals surface area (Å²) in [6.45, 7) is 1.15. The third-order valence-electron chi connectivity index (χ3n) is 4.37. The van der Waals surface area contributed by atoms with Gasteiger partial charge in [-0.3, -0.25) is 14.4 Å². The lowest BCUT2D eigenvalue weighted by Crippen LogP contribution is -2.49. The fourth-order valence-corrected chi connectivity index (χ4v) is 3.10. The van der Waals surface area contributed by atoms with Gasteiger partial charge >= 0.3 is 0 Å². The summed E-state index contributed by atoms with van der Waals surface area (Å²) < 4.78 is 0. The fraction of sp³-hybridized carbons (Fsp3) is 0.471. The van der Waals surface area contributed by atoms with Crippen molar-refractivity contribution in [2.24, 2.45) is 0 Å². The van der Waals surface area contributed by atoms with Crippen LogP contribution in [0, 0.1) is 0 Å². The van der Waals surface area contributed by atoms with Crippen LogP contribution in [0.15, 0.2) is 24.3 Å². The van der Waals surface area contributed by atoms with Gasteiger partial charge in [-0.05, 0) is 31.4 Å². The number of ketones is 1. The molecule has 6 nitrogen and oxygen atoms in total. The molecule has 1 aromatic carbocycles. The summed E-state index contributed by atoms with van der Waals surface area (Å²) in [4.78, 5) is 36.2. The molecule has 6 heteroatoms. The van der Waals surface area contributed by atoms with Crippen molar-refractivity contribution in [1.29, 1.82) is 0 Å². The van der Waals surface area contributed by atoms with Gasteiger partial charge in [0.1, 0.15) is 0 Å². The minimum absolute atomic E-state index is 0.0798. The summed E-state index contributed by atoms with van der Waals surface area (Å²) in [6, 6.07) is 7.22. The van der Waals surface area contributed by atoms with Gasteiger partial charge in [0.05, 0.1) is 6.04 Å². The number of hydrogen-bond donors (Lipinski definition) is 2. The van der Waals surface area contributed by atoms with Crippen LogP contribution in [0.1, 0.15) is 48.0 Å². The van der Waals surface area contributed by atoms with Crippen molar-refractivity contribution in [2.45, 2.75) is 44.7 Å². The number of Topliss-reactive ketones (excluding diaryl/α,β-unsaturated/α-hetero) is 1. The van der Waals surface area contributed by atoms with Crippen molar-refractivity contribution >= 4 is 17.6 Å². The van der Waals surface area contributed by atoms with Crippen molar-refractivity contribution in [3.8, 4) is 0 Å². The maximum absolute atomic E-state index is 12.6. The van der Waals surface area contributed by atoms with E-state index in [1.54, 1.807) is 6.07 Å². The number of amides is 2. The molecule has 2 heterocycles. The van der Waals surface area contributed by atoms with Crippen molar-refractivity contribution in [3.05, 3.63) is 35.4 Å². The first-order valence-corrected chi connectivity index (χ1v) is 8.11. The van der Waals surface area contributed by atoms with Crippen LogP contribution in [0.5, 0.6) is 0 Å². The average molecular weight is 315 g/mol. The molecule has 0 spiro atoms. The van der Waals surface area contributed by atoms with E-state index >= 15 is 0 Å². The number of nitrogens with one attached hydrogen (secondary N) is 2. The Bertz CT molecular complexity index is 607. The van der Waals surface area contributed by atoms with Crippen LogP contribution in [0.25, 0.3) is 0 Å². The summed E-state index contributed by atoms with van der Waals surface area (Å²) in [5.74, 6) is -0.332. The number of rotatable bonds is 5. The first kappa shape index (κ1) is 15.8. The number of benzene rings is 1. The molecule has 0 radical (unpaired) electrons. The summed E-state index contributed by atoms with van der Waals surface area (Å²) >= 11 is 0. The first-order chi connectivity index (χ1) is 11.2. The molecule has 0 bridgehead atoms. The van der Waals surface area contributed by atoms with E-state index in [4.69, 9.17) is 0 Å². The van der Waals surface area contributed by atoms with E-state index < -0.39 is 0 Å². The first-order valence-electron chi connectivity index (χ1n) is 8.11. The third kappa shape index (κ3) is 3.48. The van der Waals surface area contributed by atoms with Gasteiger partial charge in [0.15, 0.2) is 5.78 Å². The van der Waals surface area contributed by atoms with E-state index in [0.29, 0.717) is 24.8 Å². The fourth-order valence-electron chi connectivity index (χ4n) is 3.10. The van der Waals surface area contributed by atoms with Crippen LogP contribution in [0.4, 0.5) is 0 Å². The molecular formula is C17H21N3O3. The normalized spacial score (nSPS) is 21.7. The predicted molar refractivity (Wildman–Crippen MR) is 84.3 cm³/mol. The second kappa shape index (κ2) is 7.02. The maximum Gasteiger partial charge on any atom is 0.243 e. The second-order valence-electron chi connectivity index (χ2n) is 5.98. The van der Waals surface area contributed by atoms with Gasteiger partial charge in [-0.1, -0.05) is 24.3 Å². The molecule has 2 aliphatic rings. The van der Waals surface area contributed by atoms with Crippen molar-refractivity contribution in [2.75, 3.05) is 6.54 Å². The molecule has 2 fully saturated rings. The molecule has 2 N–H and O–H groups in total. The largest absolute Gasteiger partial charge is 0.307 e. The molecular weight excluding hydrogens is 294 g/mol. The Labute approximate surface area is 135 Å². The van der Waals surface area contributed by atoms with Crippen LogP contribution in [-0.4, -0.2) is 35.2 Å². The van der Waals surface area contributed by atoms with E-state index in [0.717, 1.165) is 30.0 Å². The smallest absolute Gasteiger partial charge is 0.243 e. The number of hydrogen-bond acceptors (Lipinski definition) is 5. The average Bonchev–Trinajstić information content (AvgIpc) is 3.08. The molecule has 3 rings (SSSR count). The Kier molecular flexibility index (Phi) is 4.83. The van der Waals surface area contributed by atoms with Crippen LogP contribution >= 0.6 is 0 Å². The summed E-state index contributed by atoms with van der Waals surface area (Å²) in [5, 5.41) is 4.31. The molecule has 23 heavy (non-hydrogen) atoms. The van der Waals surface area contributed by atoms with E-state index in [1.165, 1.54) is 0 Å². The van der Waals surface area contributed by atoms with Crippen LogP contribution in [0.3, 0.4) is 0 Å². The highest BCUT2D eigenvalue weighted by Crippen LogP contribution is 2.17. The molecule has 1 atom stereocenters. The quantitative estimate of drug-likeness (QED) is 0.630. The minimum atomic E-state index is -0.206.